The van der Waals surface area contributed by atoms with Gasteiger partial charge in [-0.3, -0.25) is 9.63 Å². The van der Waals surface area contributed by atoms with Crippen molar-refractivity contribution >= 4 is 5.78 Å². The molecule has 2 aromatic carbocycles. The molecule has 0 unspecified atom stereocenters. The van der Waals surface area contributed by atoms with Gasteiger partial charge in [0.05, 0.1) is 11.6 Å². The lowest BCUT2D eigenvalue weighted by atomic mass is 9.73. The molecule has 0 aliphatic carbocycles. The summed E-state index contributed by atoms with van der Waals surface area (Å²) in [6, 6.07) is 17.6. The Balaban J connectivity index is 1.79. The van der Waals surface area contributed by atoms with Gasteiger partial charge in [-0.05, 0) is 31.5 Å². The van der Waals surface area contributed by atoms with E-state index < -0.39 is 11.2 Å². The average Bonchev–Trinajstić information content (AvgIpc) is 2.93. The minimum Gasteiger partial charge on any atom is -0.483 e. The fourth-order valence-corrected chi connectivity index (χ4v) is 3.83. The molecular formula is C20H21NO3. The molecule has 124 valence electrons. The summed E-state index contributed by atoms with van der Waals surface area (Å²) in [6.07, 6.45) is 0.563. The van der Waals surface area contributed by atoms with Crippen LogP contribution in [0.1, 0.15) is 42.2 Å². The number of nitrogens with zero attached hydrogens (tertiary/aromatic N) is 1. The molecular weight excluding hydrogens is 302 g/mol. The molecule has 1 fully saturated rings. The SMILES string of the molecule is CN1O[C@]2(C[C@H]1c1ccccc1)C(=O)c1ccccc1OC2(C)C. The van der Waals surface area contributed by atoms with Crippen LogP contribution in [0, 0.1) is 0 Å². The van der Waals surface area contributed by atoms with Crippen LogP contribution in [-0.4, -0.2) is 29.1 Å². The summed E-state index contributed by atoms with van der Waals surface area (Å²) in [5, 5.41) is 1.80. The van der Waals surface area contributed by atoms with Crippen LogP contribution in [0.3, 0.4) is 0 Å². The van der Waals surface area contributed by atoms with Gasteiger partial charge in [-0.25, -0.2) is 0 Å². The van der Waals surface area contributed by atoms with Gasteiger partial charge in [0.2, 0.25) is 5.78 Å². The van der Waals surface area contributed by atoms with E-state index in [1.54, 1.807) is 5.06 Å². The molecule has 0 N–H and O–H groups in total. The van der Waals surface area contributed by atoms with Crippen LogP contribution in [0.4, 0.5) is 0 Å². The van der Waals surface area contributed by atoms with Gasteiger partial charge in [0.25, 0.3) is 0 Å². The van der Waals surface area contributed by atoms with Crippen molar-refractivity contribution in [2.75, 3.05) is 7.05 Å². The molecule has 2 aromatic rings. The maximum absolute atomic E-state index is 13.3. The summed E-state index contributed by atoms with van der Waals surface area (Å²) in [5.74, 6) is 0.632. The molecule has 4 nitrogen and oxygen atoms in total. The van der Waals surface area contributed by atoms with Crippen molar-refractivity contribution in [2.24, 2.45) is 0 Å². The zero-order valence-corrected chi connectivity index (χ0v) is 14.2. The second-order valence-corrected chi connectivity index (χ2v) is 7.03. The normalized spacial score (nSPS) is 28.6. The van der Waals surface area contributed by atoms with Crippen molar-refractivity contribution in [3.8, 4) is 5.75 Å². The second kappa shape index (κ2) is 5.16. The minimum atomic E-state index is -1.02. The number of rotatable bonds is 1. The fourth-order valence-electron chi connectivity index (χ4n) is 3.83. The highest BCUT2D eigenvalue weighted by atomic mass is 16.7. The standard InChI is InChI=1S/C20H21NO3/c1-19(2)20(18(22)15-11-7-8-12-17(15)23-19)13-16(21(3)24-20)14-9-5-4-6-10-14/h4-12,16H,13H2,1-3H3/t16-,20+/m0/s1. The van der Waals surface area contributed by atoms with Crippen LogP contribution in [0.15, 0.2) is 54.6 Å². The first-order valence-corrected chi connectivity index (χ1v) is 8.24. The number of Topliss-reactive ketones (excluding diaryl/α,β-unsaturated/α-hetero) is 1. The van der Waals surface area contributed by atoms with Crippen molar-refractivity contribution in [3.05, 3.63) is 65.7 Å². The summed E-state index contributed by atoms with van der Waals surface area (Å²) in [7, 11) is 1.89. The van der Waals surface area contributed by atoms with Crippen LogP contribution in [0.5, 0.6) is 5.75 Å². The van der Waals surface area contributed by atoms with E-state index in [0.29, 0.717) is 17.7 Å². The van der Waals surface area contributed by atoms with Crippen LogP contribution in [0.2, 0.25) is 0 Å². The molecule has 2 aliphatic rings. The number of hydroxylamine groups is 2. The van der Waals surface area contributed by atoms with Crippen LogP contribution < -0.4 is 4.74 Å². The van der Waals surface area contributed by atoms with Gasteiger partial charge < -0.3 is 4.74 Å². The first kappa shape index (κ1) is 15.4. The molecule has 0 radical (unpaired) electrons. The molecule has 4 rings (SSSR count). The van der Waals surface area contributed by atoms with Crippen molar-refractivity contribution < 1.29 is 14.4 Å². The van der Waals surface area contributed by atoms with Gasteiger partial charge in [-0.15, -0.1) is 0 Å². The Morgan fingerprint density at radius 1 is 1.04 bits per heavy atom. The number of carbonyl (C=O) groups is 1. The highest BCUT2D eigenvalue weighted by Gasteiger charge is 2.63. The molecule has 2 atom stereocenters. The van der Waals surface area contributed by atoms with Gasteiger partial charge in [0.15, 0.2) is 5.60 Å². The molecule has 2 heterocycles. The van der Waals surface area contributed by atoms with Crippen LogP contribution >= 0.6 is 0 Å². The topological polar surface area (TPSA) is 38.8 Å². The maximum Gasteiger partial charge on any atom is 0.204 e. The predicted octanol–water partition coefficient (Wildman–Crippen LogP) is 3.79. The predicted molar refractivity (Wildman–Crippen MR) is 90.9 cm³/mol. The minimum absolute atomic E-state index is 0.000342. The Morgan fingerprint density at radius 2 is 1.71 bits per heavy atom. The third-order valence-electron chi connectivity index (χ3n) is 5.24. The lowest BCUT2D eigenvalue weighted by Crippen LogP contribution is -2.61. The van der Waals surface area contributed by atoms with E-state index >= 15 is 0 Å². The van der Waals surface area contributed by atoms with Crippen LogP contribution in [0.25, 0.3) is 0 Å². The monoisotopic (exact) mass is 323 g/mol. The van der Waals surface area contributed by atoms with Crippen molar-refractivity contribution in [1.29, 1.82) is 0 Å². The summed E-state index contributed by atoms with van der Waals surface area (Å²) < 4.78 is 6.19. The zero-order valence-electron chi connectivity index (χ0n) is 14.2. The van der Waals surface area contributed by atoms with Crippen molar-refractivity contribution in [3.63, 3.8) is 0 Å². The van der Waals surface area contributed by atoms with Gasteiger partial charge >= 0.3 is 0 Å². The lowest BCUT2D eigenvalue weighted by molar-refractivity contribution is -0.220. The quantitative estimate of drug-likeness (QED) is 0.800. The third-order valence-corrected chi connectivity index (χ3v) is 5.24. The summed E-state index contributed by atoms with van der Waals surface area (Å²) in [5.41, 5.74) is -0.0365. The molecule has 0 aromatic heterocycles. The molecule has 0 saturated carbocycles. The lowest BCUT2D eigenvalue weighted by Gasteiger charge is -2.45. The number of carbonyl (C=O) groups excluding carboxylic acids is 1. The number of ketones is 1. The molecule has 1 saturated heterocycles. The summed E-state index contributed by atoms with van der Waals surface area (Å²) in [4.78, 5) is 19.5. The van der Waals surface area contributed by atoms with E-state index in [2.05, 4.69) is 12.1 Å². The Hall–Kier alpha value is -2.17. The number of hydrogen-bond acceptors (Lipinski definition) is 4. The van der Waals surface area contributed by atoms with E-state index in [0.717, 1.165) is 5.56 Å². The smallest absolute Gasteiger partial charge is 0.204 e. The largest absolute Gasteiger partial charge is 0.483 e. The summed E-state index contributed by atoms with van der Waals surface area (Å²) >= 11 is 0. The highest BCUT2D eigenvalue weighted by Crippen LogP contribution is 2.51. The van der Waals surface area contributed by atoms with Gasteiger partial charge in [0.1, 0.15) is 11.4 Å². The number of fused-ring (bicyclic) bond motifs is 1. The Labute approximate surface area is 141 Å². The summed E-state index contributed by atoms with van der Waals surface area (Å²) in [6.45, 7) is 3.87. The van der Waals surface area contributed by atoms with E-state index in [4.69, 9.17) is 9.57 Å². The van der Waals surface area contributed by atoms with Gasteiger partial charge in [-0.1, -0.05) is 42.5 Å². The first-order chi connectivity index (χ1) is 11.4. The average molecular weight is 323 g/mol. The Morgan fingerprint density at radius 3 is 2.46 bits per heavy atom. The van der Waals surface area contributed by atoms with E-state index in [1.165, 1.54) is 0 Å². The molecule has 4 heteroatoms. The van der Waals surface area contributed by atoms with E-state index in [1.807, 2.05) is 63.4 Å². The Kier molecular flexibility index (Phi) is 3.31. The maximum atomic E-state index is 13.3. The first-order valence-electron chi connectivity index (χ1n) is 8.24. The Bertz CT molecular complexity index is 786. The molecule has 0 amide bonds. The van der Waals surface area contributed by atoms with E-state index in [-0.39, 0.29) is 11.8 Å². The van der Waals surface area contributed by atoms with Crippen LogP contribution in [-0.2, 0) is 4.84 Å². The number of benzene rings is 2. The third kappa shape index (κ3) is 2.03. The fraction of sp³-hybridized carbons (Fsp3) is 0.350. The number of para-hydroxylation sites is 1. The van der Waals surface area contributed by atoms with E-state index in [9.17, 15) is 4.79 Å². The van der Waals surface area contributed by atoms with Crippen molar-refractivity contribution in [2.45, 2.75) is 37.5 Å². The number of hydrogen-bond donors (Lipinski definition) is 0. The highest BCUT2D eigenvalue weighted by molar-refractivity contribution is 6.06. The molecule has 2 aliphatic heterocycles. The van der Waals surface area contributed by atoms with Gasteiger partial charge in [-0.2, -0.15) is 5.06 Å². The zero-order chi connectivity index (χ0) is 16.9. The number of ether oxygens (including phenoxy) is 1. The molecule has 1 spiro atoms. The van der Waals surface area contributed by atoms with Gasteiger partial charge in [0, 0.05) is 13.5 Å². The molecule has 24 heavy (non-hydrogen) atoms. The molecule has 0 bridgehead atoms. The second-order valence-electron chi connectivity index (χ2n) is 7.03. The van der Waals surface area contributed by atoms with Crippen molar-refractivity contribution in [1.82, 2.24) is 5.06 Å².